The number of ether oxygens (including phenoxy) is 1. The molecule has 2 saturated carbocycles. The molecular weight excluding hydrogens is 433 g/mol. The van der Waals surface area contributed by atoms with E-state index in [1.54, 1.807) is 12.1 Å². The number of carbonyl (C=O) groups excluding carboxylic acids is 2. The standard InChI is InChI=1S/C27H34FN3O3/c1-2-34-27(33)21-7-3-18(4-8-21)15-25(32)30-14-13-23-24(17-30)31(29-26(23)20-9-10-20)16-19-5-11-22(28)12-6-19/h5-6,11-12,18,20-21H,2-4,7-10,13-17H2,1H3. The molecule has 2 heterocycles. The van der Waals surface area contributed by atoms with Crippen molar-refractivity contribution in [1.29, 1.82) is 0 Å². The molecular formula is C27H34FN3O3. The molecule has 0 spiro atoms. The zero-order valence-electron chi connectivity index (χ0n) is 20.0. The van der Waals surface area contributed by atoms with Crippen molar-refractivity contribution in [2.24, 2.45) is 11.8 Å². The summed E-state index contributed by atoms with van der Waals surface area (Å²) in [5.74, 6) is 0.763. The molecule has 6 nitrogen and oxygen atoms in total. The number of carbonyl (C=O) groups is 2. The van der Waals surface area contributed by atoms with Gasteiger partial charge >= 0.3 is 5.97 Å². The van der Waals surface area contributed by atoms with Crippen molar-refractivity contribution >= 4 is 11.9 Å². The van der Waals surface area contributed by atoms with Gasteiger partial charge < -0.3 is 9.64 Å². The van der Waals surface area contributed by atoms with Crippen LogP contribution in [0, 0.1) is 17.7 Å². The fraction of sp³-hybridized carbons (Fsp3) is 0.593. The maximum atomic E-state index is 13.4. The summed E-state index contributed by atoms with van der Waals surface area (Å²) in [6.07, 6.45) is 7.23. The van der Waals surface area contributed by atoms with Crippen LogP contribution in [0.4, 0.5) is 4.39 Å². The first-order valence-electron chi connectivity index (χ1n) is 12.8. The van der Waals surface area contributed by atoms with Gasteiger partial charge in [-0.15, -0.1) is 0 Å². The summed E-state index contributed by atoms with van der Waals surface area (Å²) < 4.78 is 20.6. The molecule has 2 aromatic rings. The van der Waals surface area contributed by atoms with E-state index < -0.39 is 0 Å². The van der Waals surface area contributed by atoms with Crippen molar-refractivity contribution in [3.8, 4) is 0 Å². The van der Waals surface area contributed by atoms with E-state index in [0.29, 0.717) is 38.0 Å². The van der Waals surface area contributed by atoms with E-state index >= 15 is 0 Å². The third kappa shape index (κ3) is 5.03. The van der Waals surface area contributed by atoms with Crippen LogP contribution >= 0.6 is 0 Å². The fourth-order valence-electron chi connectivity index (χ4n) is 5.54. The molecule has 1 aromatic heterocycles. The summed E-state index contributed by atoms with van der Waals surface area (Å²) in [6, 6.07) is 6.58. The molecule has 7 heteroatoms. The van der Waals surface area contributed by atoms with Crippen molar-refractivity contribution in [2.45, 2.75) is 77.3 Å². The van der Waals surface area contributed by atoms with Crippen LogP contribution in [-0.2, 0) is 33.8 Å². The molecule has 1 aliphatic heterocycles. The Labute approximate surface area is 200 Å². The minimum atomic E-state index is -0.238. The fourth-order valence-corrected chi connectivity index (χ4v) is 5.54. The van der Waals surface area contributed by atoms with Crippen molar-refractivity contribution in [3.05, 3.63) is 52.6 Å². The van der Waals surface area contributed by atoms with Crippen LogP contribution in [0.3, 0.4) is 0 Å². The molecule has 1 amide bonds. The highest BCUT2D eigenvalue weighted by molar-refractivity contribution is 5.77. The first-order chi connectivity index (χ1) is 16.5. The van der Waals surface area contributed by atoms with Gasteiger partial charge in [0.15, 0.2) is 0 Å². The highest BCUT2D eigenvalue weighted by Crippen LogP contribution is 2.43. The van der Waals surface area contributed by atoms with Gasteiger partial charge in [-0.1, -0.05) is 12.1 Å². The van der Waals surface area contributed by atoms with Crippen LogP contribution in [-0.4, -0.2) is 39.7 Å². The molecule has 1 aromatic carbocycles. The lowest BCUT2D eigenvalue weighted by atomic mass is 9.80. The van der Waals surface area contributed by atoms with Gasteiger partial charge in [0.05, 0.1) is 37.0 Å². The van der Waals surface area contributed by atoms with Crippen LogP contribution < -0.4 is 0 Å². The summed E-state index contributed by atoms with van der Waals surface area (Å²) in [6.45, 7) is 4.19. The van der Waals surface area contributed by atoms with Crippen LogP contribution in [0.5, 0.6) is 0 Å². The Morgan fingerprint density at radius 1 is 1.09 bits per heavy atom. The second-order valence-electron chi connectivity index (χ2n) is 10.1. The lowest BCUT2D eigenvalue weighted by molar-refractivity contribution is -0.149. The average Bonchev–Trinajstić information content (AvgIpc) is 3.63. The van der Waals surface area contributed by atoms with Gasteiger partial charge in [0.1, 0.15) is 5.82 Å². The van der Waals surface area contributed by atoms with Crippen LogP contribution in [0.1, 0.15) is 80.3 Å². The van der Waals surface area contributed by atoms with Gasteiger partial charge in [-0.05, 0) is 75.5 Å². The molecule has 182 valence electrons. The average molecular weight is 468 g/mol. The van der Waals surface area contributed by atoms with Crippen LogP contribution in [0.25, 0.3) is 0 Å². The Hall–Kier alpha value is -2.70. The molecule has 34 heavy (non-hydrogen) atoms. The number of hydrogen-bond donors (Lipinski definition) is 0. The molecule has 0 saturated heterocycles. The number of benzene rings is 1. The van der Waals surface area contributed by atoms with E-state index in [2.05, 4.69) is 0 Å². The highest BCUT2D eigenvalue weighted by atomic mass is 19.1. The maximum Gasteiger partial charge on any atom is 0.308 e. The lowest BCUT2D eigenvalue weighted by Crippen LogP contribution is -2.38. The quantitative estimate of drug-likeness (QED) is 0.559. The number of halogens is 1. The topological polar surface area (TPSA) is 64.4 Å². The Morgan fingerprint density at radius 2 is 1.82 bits per heavy atom. The van der Waals surface area contributed by atoms with Gasteiger partial charge in [0.25, 0.3) is 0 Å². The largest absolute Gasteiger partial charge is 0.466 e. The minimum absolute atomic E-state index is 0.00879. The predicted molar refractivity (Wildman–Crippen MR) is 126 cm³/mol. The van der Waals surface area contributed by atoms with Gasteiger partial charge in [0, 0.05) is 24.4 Å². The zero-order valence-corrected chi connectivity index (χ0v) is 20.0. The molecule has 5 rings (SSSR count). The van der Waals surface area contributed by atoms with Crippen LogP contribution in [0.15, 0.2) is 24.3 Å². The SMILES string of the molecule is CCOC(=O)C1CCC(CC(=O)N2CCc3c(C4CC4)nn(Cc4ccc(F)cc4)c3C2)CC1. The molecule has 3 aliphatic rings. The van der Waals surface area contributed by atoms with Crippen LogP contribution in [0.2, 0.25) is 0 Å². The number of nitrogens with zero attached hydrogens (tertiary/aromatic N) is 3. The molecule has 0 N–H and O–H groups in total. The van der Waals surface area contributed by atoms with E-state index in [1.165, 1.54) is 36.2 Å². The van der Waals surface area contributed by atoms with Crippen molar-refractivity contribution in [3.63, 3.8) is 0 Å². The number of aromatic nitrogens is 2. The maximum absolute atomic E-state index is 13.4. The summed E-state index contributed by atoms with van der Waals surface area (Å²) in [4.78, 5) is 27.2. The summed E-state index contributed by atoms with van der Waals surface area (Å²) in [7, 11) is 0. The van der Waals surface area contributed by atoms with Crippen molar-refractivity contribution < 1.29 is 18.7 Å². The van der Waals surface area contributed by atoms with E-state index in [4.69, 9.17) is 9.84 Å². The lowest BCUT2D eigenvalue weighted by Gasteiger charge is -2.31. The predicted octanol–water partition coefficient (Wildman–Crippen LogP) is 4.59. The number of esters is 1. The normalized spacial score (nSPS) is 22.4. The third-order valence-electron chi connectivity index (χ3n) is 7.66. The monoisotopic (exact) mass is 467 g/mol. The summed E-state index contributed by atoms with van der Waals surface area (Å²) in [5.41, 5.74) is 4.68. The molecule has 0 unspecified atom stereocenters. The molecule has 2 aliphatic carbocycles. The molecule has 0 radical (unpaired) electrons. The van der Waals surface area contributed by atoms with Crippen molar-refractivity contribution in [1.82, 2.24) is 14.7 Å². The first-order valence-corrected chi connectivity index (χ1v) is 12.8. The van der Waals surface area contributed by atoms with Crippen molar-refractivity contribution in [2.75, 3.05) is 13.2 Å². The Kier molecular flexibility index (Phi) is 6.70. The Balaban J connectivity index is 1.24. The number of rotatable bonds is 7. The second kappa shape index (κ2) is 9.88. The summed E-state index contributed by atoms with van der Waals surface area (Å²) in [5, 5.41) is 4.96. The summed E-state index contributed by atoms with van der Waals surface area (Å²) >= 11 is 0. The molecule has 2 fully saturated rings. The third-order valence-corrected chi connectivity index (χ3v) is 7.66. The Morgan fingerprint density at radius 3 is 2.50 bits per heavy atom. The smallest absolute Gasteiger partial charge is 0.308 e. The Bertz CT molecular complexity index is 1040. The number of fused-ring (bicyclic) bond motifs is 1. The molecule has 0 bridgehead atoms. The van der Waals surface area contributed by atoms with Gasteiger partial charge in [-0.3, -0.25) is 14.3 Å². The van der Waals surface area contributed by atoms with E-state index in [1.807, 2.05) is 16.5 Å². The molecule has 0 atom stereocenters. The number of hydrogen-bond acceptors (Lipinski definition) is 4. The minimum Gasteiger partial charge on any atom is -0.466 e. The van der Waals surface area contributed by atoms with E-state index in [9.17, 15) is 14.0 Å². The van der Waals surface area contributed by atoms with Gasteiger partial charge in [-0.2, -0.15) is 5.10 Å². The first kappa shape index (κ1) is 23.1. The highest BCUT2D eigenvalue weighted by Gasteiger charge is 2.35. The zero-order chi connectivity index (χ0) is 23.7. The van der Waals surface area contributed by atoms with Gasteiger partial charge in [0.2, 0.25) is 5.91 Å². The van der Waals surface area contributed by atoms with E-state index in [0.717, 1.165) is 49.9 Å². The van der Waals surface area contributed by atoms with E-state index in [-0.39, 0.29) is 23.6 Å². The number of amides is 1. The van der Waals surface area contributed by atoms with Gasteiger partial charge in [-0.25, -0.2) is 4.39 Å². The second-order valence-corrected chi connectivity index (χ2v) is 10.1.